The van der Waals surface area contributed by atoms with Crippen molar-refractivity contribution in [2.75, 3.05) is 7.11 Å². The van der Waals surface area contributed by atoms with Gasteiger partial charge in [-0.2, -0.15) is 0 Å². The van der Waals surface area contributed by atoms with Crippen molar-refractivity contribution < 1.29 is 9.53 Å². The molecular weight excluding hydrogens is 538 g/mol. The summed E-state index contributed by atoms with van der Waals surface area (Å²) in [6, 6.07) is 24.0. The number of hydrogen-bond acceptors (Lipinski definition) is 5. The van der Waals surface area contributed by atoms with E-state index in [9.17, 15) is 4.79 Å². The molecule has 0 fully saturated rings. The second kappa shape index (κ2) is 11.8. The summed E-state index contributed by atoms with van der Waals surface area (Å²) in [4.78, 5) is 20.0. The number of H-pyrrole nitrogens is 2. The van der Waals surface area contributed by atoms with Crippen molar-refractivity contribution in [1.82, 2.24) is 30.0 Å². The fourth-order valence-corrected chi connectivity index (χ4v) is 5.53. The highest BCUT2D eigenvalue weighted by Crippen LogP contribution is 2.27. The van der Waals surface area contributed by atoms with E-state index in [-0.39, 0.29) is 5.91 Å². The zero-order valence-corrected chi connectivity index (χ0v) is 24.7. The molecular formula is C34H37N7O2. The second-order valence-electron chi connectivity index (χ2n) is 11.6. The predicted octanol–water partition coefficient (Wildman–Crippen LogP) is 5.22. The first-order chi connectivity index (χ1) is 20.8. The van der Waals surface area contributed by atoms with Gasteiger partial charge in [0.15, 0.2) is 5.82 Å². The number of nitrogens with two attached hydrogens (primary N) is 1. The SMILES string of the molecule is COc1ccc(Cn2c(CCc3c[nH]c4ccccc34)nnc2[C@H](Cc2c[nH]c3ccccc23)NC(=O)C(C)(C)N)cc1. The number of aromatic nitrogens is 5. The molecule has 6 rings (SSSR count). The molecule has 0 saturated heterocycles. The van der Waals surface area contributed by atoms with E-state index in [2.05, 4.69) is 50.3 Å². The zero-order valence-electron chi connectivity index (χ0n) is 24.7. The van der Waals surface area contributed by atoms with Crippen molar-refractivity contribution >= 4 is 27.7 Å². The Bertz CT molecular complexity index is 1860. The van der Waals surface area contributed by atoms with E-state index >= 15 is 0 Å². The van der Waals surface area contributed by atoms with Crippen molar-refractivity contribution in [1.29, 1.82) is 0 Å². The highest BCUT2D eigenvalue weighted by molar-refractivity contribution is 5.86. The molecule has 0 aliphatic carbocycles. The van der Waals surface area contributed by atoms with E-state index in [0.29, 0.717) is 25.2 Å². The lowest BCUT2D eigenvalue weighted by Gasteiger charge is -2.25. The zero-order chi connectivity index (χ0) is 30.0. The summed E-state index contributed by atoms with van der Waals surface area (Å²) < 4.78 is 7.52. The molecule has 9 nitrogen and oxygen atoms in total. The van der Waals surface area contributed by atoms with Crippen LogP contribution < -0.4 is 15.8 Å². The first-order valence-electron chi connectivity index (χ1n) is 14.5. The van der Waals surface area contributed by atoms with Crippen LogP contribution in [0.1, 0.15) is 48.2 Å². The molecule has 9 heteroatoms. The first-order valence-corrected chi connectivity index (χ1v) is 14.5. The van der Waals surface area contributed by atoms with Gasteiger partial charge >= 0.3 is 0 Å². The van der Waals surface area contributed by atoms with Gasteiger partial charge in [-0.3, -0.25) is 4.79 Å². The Balaban J connectivity index is 1.38. The monoisotopic (exact) mass is 575 g/mol. The molecule has 3 heterocycles. The molecule has 1 atom stereocenters. The number of methoxy groups -OCH3 is 1. The highest BCUT2D eigenvalue weighted by Gasteiger charge is 2.29. The lowest BCUT2D eigenvalue weighted by atomic mass is 10.0. The summed E-state index contributed by atoms with van der Waals surface area (Å²) in [5, 5.41) is 14.9. The minimum Gasteiger partial charge on any atom is -0.497 e. The van der Waals surface area contributed by atoms with Gasteiger partial charge in [0.25, 0.3) is 0 Å². The topological polar surface area (TPSA) is 127 Å². The number of nitrogens with one attached hydrogen (secondary N) is 3. The van der Waals surface area contributed by atoms with E-state index in [0.717, 1.165) is 45.5 Å². The lowest BCUT2D eigenvalue weighted by Crippen LogP contribution is -2.50. The summed E-state index contributed by atoms with van der Waals surface area (Å²) in [5.41, 5.74) is 10.7. The van der Waals surface area contributed by atoms with Crippen LogP contribution >= 0.6 is 0 Å². The summed E-state index contributed by atoms with van der Waals surface area (Å²) >= 11 is 0. The molecule has 6 aromatic rings. The Kier molecular flexibility index (Phi) is 7.73. The van der Waals surface area contributed by atoms with Gasteiger partial charge in [-0.15, -0.1) is 10.2 Å². The van der Waals surface area contributed by atoms with Crippen LogP contribution in [0, 0.1) is 0 Å². The molecule has 0 spiro atoms. The van der Waals surface area contributed by atoms with Gasteiger partial charge in [0, 0.05) is 47.0 Å². The maximum absolute atomic E-state index is 13.3. The number of ether oxygens (including phenoxy) is 1. The highest BCUT2D eigenvalue weighted by atomic mass is 16.5. The molecule has 43 heavy (non-hydrogen) atoms. The fourth-order valence-electron chi connectivity index (χ4n) is 5.53. The molecule has 3 aromatic carbocycles. The van der Waals surface area contributed by atoms with E-state index in [1.165, 1.54) is 10.9 Å². The molecule has 0 radical (unpaired) electrons. The summed E-state index contributed by atoms with van der Waals surface area (Å²) in [5.74, 6) is 2.08. The van der Waals surface area contributed by atoms with E-state index in [4.69, 9.17) is 20.7 Å². The van der Waals surface area contributed by atoms with E-state index in [1.807, 2.05) is 54.7 Å². The average molecular weight is 576 g/mol. The number of aromatic amines is 2. The van der Waals surface area contributed by atoms with Crippen molar-refractivity contribution in [3.05, 3.63) is 114 Å². The summed E-state index contributed by atoms with van der Waals surface area (Å²) in [6.07, 6.45) is 6.06. The standard InChI is InChI=1S/C34H37N7O2/c1-34(2,35)33(42)38-30(18-24-20-37-29-11-7-5-9-27(24)29)32-40-39-31(41(32)21-22-12-15-25(43-3)16-13-22)17-14-23-19-36-28-10-6-4-8-26(23)28/h4-13,15-16,19-20,30,36-37H,14,17-18,21,35H2,1-3H3,(H,38,42)/t30-/m0/s1. The predicted molar refractivity (Wildman–Crippen MR) is 169 cm³/mol. The van der Waals surface area contributed by atoms with Crippen molar-refractivity contribution in [2.24, 2.45) is 5.73 Å². The summed E-state index contributed by atoms with van der Waals surface area (Å²) in [6.45, 7) is 3.96. The number of nitrogens with zero attached hydrogens (tertiary/aromatic N) is 3. The normalized spacial score (nSPS) is 12.6. The molecule has 0 aliphatic rings. The third-order valence-electron chi connectivity index (χ3n) is 7.95. The van der Waals surface area contributed by atoms with Crippen LogP contribution in [-0.4, -0.2) is 43.3 Å². The Hall–Kier alpha value is -4.89. The fraction of sp³-hybridized carbons (Fsp3) is 0.265. The Morgan fingerprint density at radius 2 is 1.53 bits per heavy atom. The Morgan fingerprint density at radius 3 is 2.19 bits per heavy atom. The lowest BCUT2D eigenvalue weighted by molar-refractivity contribution is -0.126. The molecule has 5 N–H and O–H groups in total. The van der Waals surface area contributed by atoms with E-state index in [1.54, 1.807) is 21.0 Å². The molecule has 0 bridgehead atoms. The van der Waals surface area contributed by atoms with Gasteiger partial charge < -0.3 is 30.3 Å². The molecule has 0 aliphatic heterocycles. The summed E-state index contributed by atoms with van der Waals surface area (Å²) in [7, 11) is 1.66. The molecule has 3 aromatic heterocycles. The van der Waals surface area contributed by atoms with Crippen molar-refractivity contribution in [3.63, 3.8) is 0 Å². The van der Waals surface area contributed by atoms with Gasteiger partial charge in [-0.25, -0.2) is 0 Å². The van der Waals surface area contributed by atoms with Gasteiger partial charge in [-0.05, 0) is 61.2 Å². The number of benzene rings is 3. The number of para-hydroxylation sites is 2. The number of carbonyl (C=O) groups excluding carboxylic acids is 1. The molecule has 0 unspecified atom stereocenters. The van der Waals surface area contributed by atoms with Gasteiger partial charge in [0.1, 0.15) is 11.6 Å². The Morgan fingerprint density at radius 1 is 0.907 bits per heavy atom. The average Bonchev–Trinajstić information content (AvgIpc) is 3.73. The minimum atomic E-state index is -1.06. The van der Waals surface area contributed by atoms with Crippen LogP contribution in [0.2, 0.25) is 0 Å². The third kappa shape index (κ3) is 6.03. The Labute approximate surface area is 250 Å². The first kappa shape index (κ1) is 28.2. The maximum atomic E-state index is 13.3. The number of rotatable bonds is 11. The number of carbonyl (C=O) groups is 1. The van der Waals surface area contributed by atoms with Crippen molar-refractivity contribution in [3.8, 4) is 5.75 Å². The second-order valence-corrected chi connectivity index (χ2v) is 11.6. The number of amides is 1. The molecule has 220 valence electrons. The number of aryl methyl sites for hydroxylation is 2. The van der Waals surface area contributed by atoms with Gasteiger partial charge in [-0.1, -0.05) is 48.5 Å². The molecule has 1 amide bonds. The quantitative estimate of drug-likeness (QED) is 0.169. The maximum Gasteiger partial charge on any atom is 0.240 e. The van der Waals surface area contributed by atoms with Crippen LogP contribution in [-0.2, 0) is 30.6 Å². The largest absolute Gasteiger partial charge is 0.497 e. The molecule has 0 saturated carbocycles. The van der Waals surface area contributed by atoms with Gasteiger partial charge in [0.2, 0.25) is 5.91 Å². The minimum absolute atomic E-state index is 0.253. The smallest absolute Gasteiger partial charge is 0.240 e. The van der Waals surface area contributed by atoms with Crippen LogP contribution in [0.4, 0.5) is 0 Å². The van der Waals surface area contributed by atoms with Crippen LogP contribution in [0.5, 0.6) is 5.75 Å². The van der Waals surface area contributed by atoms with Crippen LogP contribution in [0.25, 0.3) is 21.8 Å². The van der Waals surface area contributed by atoms with E-state index < -0.39 is 11.6 Å². The van der Waals surface area contributed by atoms with Crippen LogP contribution in [0.3, 0.4) is 0 Å². The number of hydrogen-bond donors (Lipinski definition) is 4. The number of fused-ring (bicyclic) bond motifs is 2. The van der Waals surface area contributed by atoms with Crippen molar-refractivity contribution in [2.45, 2.75) is 51.2 Å². The van der Waals surface area contributed by atoms with Crippen LogP contribution in [0.15, 0.2) is 85.2 Å². The van der Waals surface area contributed by atoms with Gasteiger partial charge in [0.05, 0.1) is 25.2 Å². The third-order valence-corrected chi connectivity index (χ3v) is 7.95.